The number of aromatic hydroxyl groups is 1. The van der Waals surface area contributed by atoms with E-state index in [-0.39, 0.29) is 17.0 Å². The van der Waals surface area contributed by atoms with Gasteiger partial charge in [-0.15, -0.1) is 5.10 Å². The molecule has 4 rings (SSSR count). The van der Waals surface area contributed by atoms with Crippen LogP contribution in [0.3, 0.4) is 0 Å². The molecule has 2 heterocycles. The van der Waals surface area contributed by atoms with Crippen molar-refractivity contribution in [3.8, 4) is 5.75 Å². The van der Waals surface area contributed by atoms with Gasteiger partial charge in [-0.3, -0.25) is 4.79 Å². The molecule has 10 heteroatoms. The zero-order chi connectivity index (χ0) is 19.9. The second kappa shape index (κ2) is 7.20. The van der Waals surface area contributed by atoms with Crippen LogP contribution in [0.2, 0.25) is 5.02 Å². The third-order valence-electron chi connectivity index (χ3n) is 5.74. The van der Waals surface area contributed by atoms with Crippen molar-refractivity contribution in [1.29, 1.82) is 0 Å². The molecule has 2 atom stereocenters. The van der Waals surface area contributed by atoms with Gasteiger partial charge >= 0.3 is 0 Å². The van der Waals surface area contributed by atoms with Crippen molar-refractivity contribution in [3.05, 3.63) is 28.5 Å². The van der Waals surface area contributed by atoms with Crippen LogP contribution >= 0.6 is 11.6 Å². The number of amides is 1. The standard InChI is InChI=1S/C18H22ClFN6O2/c1-10-4-7-26(17-22-24-25-23-17)9-11(8-10)21-16(28)18(5-6-18)12-2-3-13(19)14(20)15(12)27/h2-3,10-11,27H,4-9H2,1H3,(H,21,28)(H,22,23,24,25). The first-order valence-electron chi connectivity index (χ1n) is 9.37. The van der Waals surface area contributed by atoms with Crippen molar-refractivity contribution in [2.45, 2.75) is 44.1 Å². The minimum absolute atomic E-state index is 0.111. The maximum atomic E-state index is 14.0. The Morgan fingerprint density at radius 1 is 1.46 bits per heavy atom. The number of hydrogen-bond donors (Lipinski definition) is 3. The fourth-order valence-corrected chi connectivity index (χ4v) is 4.13. The second-order valence-corrected chi connectivity index (χ2v) is 8.20. The van der Waals surface area contributed by atoms with Crippen LogP contribution in [-0.4, -0.2) is 50.8 Å². The summed E-state index contributed by atoms with van der Waals surface area (Å²) in [5.74, 6) is -0.699. The van der Waals surface area contributed by atoms with Crippen LogP contribution in [0.25, 0.3) is 0 Å². The van der Waals surface area contributed by atoms with E-state index in [1.54, 1.807) is 0 Å². The van der Waals surface area contributed by atoms with Crippen LogP contribution in [-0.2, 0) is 10.2 Å². The van der Waals surface area contributed by atoms with E-state index < -0.39 is 17.0 Å². The largest absolute Gasteiger partial charge is 0.505 e. The summed E-state index contributed by atoms with van der Waals surface area (Å²) in [7, 11) is 0. The Hall–Kier alpha value is -2.42. The summed E-state index contributed by atoms with van der Waals surface area (Å²) in [6.07, 6.45) is 2.89. The molecule has 2 fully saturated rings. The minimum Gasteiger partial charge on any atom is -0.505 e. The number of aromatic amines is 1. The molecule has 1 aromatic heterocycles. The van der Waals surface area contributed by atoms with Crippen molar-refractivity contribution in [2.24, 2.45) is 5.92 Å². The van der Waals surface area contributed by atoms with Gasteiger partial charge in [-0.25, -0.2) is 4.39 Å². The van der Waals surface area contributed by atoms with E-state index in [4.69, 9.17) is 11.6 Å². The van der Waals surface area contributed by atoms with E-state index in [1.165, 1.54) is 12.1 Å². The Kier molecular flexibility index (Phi) is 4.86. The van der Waals surface area contributed by atoms with E-state index in [1.807, 2.05) is 4.90 Å². The zero-order valence-corrected chi connectivity index (χ0v) is 16.2. The van der Waals surface area contributed by atoms with Crippen molar-refractivity contribution in [2.75, 3.05) is 18.0 Å². The summed E-state index contributed by atoms with van der Waals surface area (Å²) < 4.78 is 14.0. The molecule has 150 valence electrons. The molecule has 1 amide bonds. The lowest BCUT2D eigenvalue weighted by molar-refractivity contribution is -0.124. The number of halogens is 2. The summed E-state index contributed by atoms with van der Waals surface area (Å²) in [6, 6.07) is 2.81. The number of tetrazole rings is 1. The minimum atomic E-state index is -0.901. The SMILES string of the molecule is CC1CCN(c2nn[nH]n2)CC(NC(=O)C2(c3ccc(Cl)c(F)c3O)CC2)C1. The fourth-order valence-electron chi connectivity index (χ4n) is 3.98. The molecule has 0 spiro atoms. The third-order valence-corrected chi connectivity index (χ3v) is 6.03. The smallest absolute Gasteiger partial charge is 0.265 e. The predicted molar refractivity (Wildman–Crippen MR) is 101 cm³/mol. The third kappa shape index (κ3) is 3.39. The molecule has 1 saturated heterocycles. The predicted octanol–water partition coefficient (Wildman–Crippen LogP) is 2.15. The molecular weight excluding hydrogens is 387 g/mol. The molecule has 3 N–H and O–H groups in total. The number of phenols is 1. The number of rotatable bonds is 4. The molecule has 0 radical (unpaired) electrons. The van der Waals surface area contributed by atoms with Crippen molar-refractivity contribution < 1.29 is 14.3 Å². The van der Waals surface area contributed by atoms with E-state index in [2.05, 4.69) is 32.9 Å². The number of phenolic OH excluding ortho intramolecular Hbond substituents is 1. The maximum absolute atomic E-state index is 14.0. The maximum Gasteiger partial charge on any atom is 0.265 e. The molecule has 1 saturated carbocycles. The fraction of sp³-hybridized carbons (Fsp3) is 0.556. The highest BCUT2D eigenvalue weighted by atomic mass is 35.5. The Balaban J connectivity index is 1.53. The lowest BCUT2D eigenvalue weighted by Crippen LogP contribution is -2.47. The van der Waals surface area contributed by atoms with Crippen molar-refractivity contribution >= 4 is 23.5 Å². The second-order valence-electron chi connectivity index (χ2n) is 7.80. The number of H-pyrrole nitrogens is 1. The van der Waals surface area contributed by atoms with Crippen LogP contribution in [0.4, 0.5) is 10.3 Å². The van der Waals surface area contributed by atoms with E-state index in [0.717, 1.165) is 19.4 Å². The first-order chi connectivity index (χ1) is 13.4. The molecule has 28 heavy (non-hydrogen) atoms. The highest BCUT2D eigenvalue weighted by Gasteiger charge is 2.53. The van der Waals surface area contributed by atoms with Gasteiger partial charge in [0.05, 0.1) is 10.4 Å². The number of hydrogen-bond acceptors (Lipinski definition) is 6. The van der Waals surface area contributed by atoms with Gasteiger partial charge in [0.25, 0.3) is 5.95 Å². The number of benzene rings is 1. The molecule has 2 aliphatic rings. The normalized spacial score (nSPS) is 23.9. The Morgan fingerprint density at radius 2 is 2.25 bits per heavy atom. The lowest BCUT2D eigenvalue weighted by Gasteiger charge is -2.26. The molecular formula is C18H22ClFN6O2. The van der Waals surface area contributed by atoms with Gasteiger partial charge in [-0.2, -0.15) is 5.21 Å². The van der Waals surface area contributed by atoms with Gasteiger partial charge in [0.1, 0.15) is 0 Å². The molecule has 2 aromatic rings. The van der Waals surface area contributed by atoms with Gasteiger partial charge < -0.3 is 15.3 Å². The summed E-state index contributed by atoms with van der Waals surface area (Å²) in [4.78, 5) is 15.1. The van der Waals surface area contributed by atoms with Crippen LogP contribution in [0.1, 0.15) is 38.2 Å². The molecule has 1 aliphatic carbocycles. The highest BCUT2D eigenvalue weighted by Crippen LogP contribution is 2.52. The monoisotopic (exact) mass is 408 g/mol. The average molecular weight is 409 g/mol. The number of carbonyl (C=O) groups is 1. The number of nitrogens with zero attached hydrogens (tertiary/aromatic N) is 4. The number of carbonyl (C=O) groups excluding carboxylic acids is 1. The Labute approximate surface area is 166 Å². The number of anilines is 1. The van der Waals surface area contributed by atoms with E-state index >= 15 is 0 Å². The van der Waals surface area contributed by atoms with E-state index in [9.17, 15) is 14.3 Å². The van der Waals surface area contributed by atoms with Gasteiger partial charge in [-0.05, 0) is 42.9 Å². The Bertz CT molecular complexity index is 873. The summed E-state index contributed by atoms with van der Waals surface area (Å²) >= 11 is 5.73. The van der Waals surface area contributed by atoms with Crippen LogP contribution in [0.5, 0.6) is 5.75 Å². The summed E-state index contributed by atoms with van der Waals surface area (Å²) in [5, 5.41) is 27.3. The van der Waals surface area contributed by atoms with Crippen LogP contribution in [0, 0.1) is 11.7 Å². The number of nitrogens with one attached hydrogen (secondary N) is 2. The first kappa shape index (κ1) is 18.9. The first-order valence-corrected chi connectivity index (χ1v) is 9.75. The van der Waals surface area contributed by atoms with E-state index in [0.29, 0.717) is 36.8 Å². The van der Waals surface area contributed by atoms with Crippen molar-refractivity contribution in [3.63, 3.8) is 0 Å². The van der Waals surface area contributed by atoms with Crippen LogP contribution < -0.4 is 10.2 Å². The zero-order valence-electron chi connectivity index (χ0n) is 15.5. The number of aromatic nitrogens is 4. The topological polar surface area (TPSA) is 107 Å². The van der Waals surface area contributed by atoms with Crippen molar-refractivity contribution in [1.82, 2.24) is 25.9 Å². The summed E-state index contributed by atoms with van der Waals surface area (Å²) in [5.41, 5.74) is -0.606. The van der Waals surface area contributed by atoms with Gasteiger partial charge in [0.15, 0.2) is 11.6 Å². The Morgan fingerprint density at radius 3 is 2.93 bits per heavy atom. The lowest BCUT2D eigenvalue weighted by atomic mass is 9.92. The molecule has 1 aliphatic heterocycles. The van der Waals surface area contributed by atoms with Gasteiger partial charge in [0.2, 0.25) is 5.91 Å². The molecule has 1 aromatic carbocycles. The molecule has 8 nitrogen and oxygen atoms in total. The molecule has 0 bridgehead atoms. The molecule has 2 unspecified atom stereocenters. The average Bonchev–Trinajstić information content (AvgIpc) is 3.33. The van der Waals surface area contributed by atoms with Gasteiger partial charge in [0, 0.05) is 24.7 Å². The van der Waals surface area contributed by atoms with Gasteiger partial charge in [-0.1, -0.05) is 29.7 Å². The quantitative estimate of drug-likeness (QED) is 0.715. The highest BCUT2D eigenvalue weighted by molar-refractivity contribution is 6.30. The van der Waals surface area contributed by atoms with Crippen LogP contribution in [0.15, 0.2) is 12.1 Å². The summed E-state index contributed by atoms with van der Waals surface area (Å²) in [6.45, 7) is 3.49.